The van der Waals surface area contributed by atoms with Crippen LogP contribution in [0.2, 0.25) is 0 Å². The zero-order chi connectivity index (χ0) is 43.4. The number of fused-ring (bicyclic) bond motifs is 3. The summed E-state index contributed by atoms with van der Waals surface area (Å²) in [4.78, 5) is 6.50. The monoisotopic (exact) mass is 794 g/mol. The molecule has 7 aromatic carbocycles. The molecule has 310 valence electrons. The summed E-state index contributed by atoms with van der Waals surface area (Å²) in [5.74, 6) is 0. The third-order valence-corrected chi connectivity index (χ3v) is 10.7. The van der Waals surface area contributed by atoms with Crippen molar-refractivity contribution in [2.24, 2.45) is 4.99 Å². The summed E-state index contributed by atoms with van der Waals surface area (Å²) in [6, 6.07) is 49.1. The van der Waals surface area contributed by atoms with Crippen molar-refractivity contribution in [3.05, 3.63) is 174 Å². The van der Waals surface area contributed by atoms with Crippen LogP contribution < -0.4 is 10.6 Å². The molecule has 0 spiro atoms. The fourth-order valence-corrected chi connectivity index (χ4v) is 7.97. The topological polar surface area (TPSA) is 41.6 Å². The second-order valence-electron chi connectivity index (χ2n) is 13.9. The first-order valence-electron chi connectivity index (χ1n) is 22.1. The van der Waals surface area contributed by atoms with Crippen LogP contribution in [0.4, 0.5) is 22.7 Å². The molecule has 0 saturated heterocycles. The van der Waals surface area contributed by atoms with E-state index in [9.17, 15) is 0 Å². The highest BCUT2D eigenvalue weighted by molar-refractivity contribution is 6.14. The molecule has 0 radical (unpaired) electrons. The Morgan fingerprint density at radius 2 is 1.27 bits per heavy atom. The summed E-state index contributed by atoms with van der Waals surface area (Å²) in [6.07, 6.45) is 11.1. The van der Waals surface area contributed by atoms with Crippen molar-refractivity contribution < 1.29 is 0 Å². The second kappa shape index (κ2) is 24.0. The summed E-state index contributed by atoms with van der Waals surface area (Å²) in [5.41, 5.74) is 21.3. The lowest BCUT2D eigenvalue weighted by atomic mass is 9.82. The maximum atomic E-state index is 6.98. The molecule has 0 saturated carbocycles. The maximum Gasteiger partial charge on any atom is 0.0859 e. The van der Waals surface area contributed by atoms with Gasteiger partial charge in [-0.05, 0) is 119 Å². The van der Waals surface area contributed by atoms with E-state index in [2.05, 4.69) is 177 Å². The molecule has 0 heterocycles. The number of hydrogen-bond acceptors (Lipinski definition) is 3. The molecular weight excluding hydrogens is 727 g/mol. The van der Waals surface area contributed by atoms with Gasteiger partial charge in [-0.2, -0.15) is 0 Å². The van der Waals surface area contributed by atoms with Gasteiger partial charge in [0, 0.05) is 23.5 Å². The van der Waals surface area contributed by atoms with E-state index in [0.29, 0.717) is 0 Å². The highest BCUT2D eigenvalue weighted by atomic mass is 15.1. The predicted molar refractivity (Wildman–Crippen MR) is 271 cm³/mol. The first-order valence-corrected chi connectivity index (χ1v) is 22.1. The number of nitrogens with zero attached hydrogens (tertiary/aromatic N) is 2. The summed E-state index contributed by atoms with van der Waals surface area (Å²) < 4.78 is 0. The van der Waals surface area contributed by atoms with Gasteiger partial charge in [-0.25, -0.2) is 0 Å². The third-order valence-electron chi connectivity index (χ3n) is 10.7. The molecule has 2 N–H and O–H groups in total. The van der Waals surface area contributed by atoms with Crippen LogP contribution in [0.15, 0.2) is 162 Å². The smallest absolute Gasteiger partial charge is 0.0859 e. The first kappa shape index (κ1) is 46.5. The minimum absolute atomic E-state index is 0.876. The van der Waals surface area contributed by atoms with Gasteiger partial charge in [0.15, 0.2) is 0 Å². The number of hydrogen-bond donors (Lipinski definition) is 1. The van der Waals surface area contributed by atoms with Crippen LogP contribution in [0.1, 0.15) is 91.3 Å². The molecule has 60 heavy (non-hydrogen) atoms. The van der Waals surface area contributed by atoms with Crippen molar-refractivity contribution in [3.8, 4) is 22.3 Å². The number of aliphatic imine (C=N–C) groups is 1. The van der Waals surface area contributed by atoms with Gasteiger partial charge >= 0.3 is 0 Å². The van der Waals surface area contributed by atoms with Crippen LogP contribution in [0.25, 0.3) is 49.9 Å². The van der Waals surface area contributed by atoms with Gasteiger partial charge in [0.05, 0.1) is 11.4 Å². The zero-order valence-electron chi connectivity index (χ0n) is 37.7. The van der Waals surface area contributed by atoms with Crippen LogP contribution >= 0.6 is 0 Å². The van der Waals surface area contributed by atoms with Crippen LogP contribution in [-0.4, -0.2) is 13.3 Å². The van der Waals surface area contributed by atoms with Crippen molar-refractivity contribution in [3.63, 3.8) is 0 Å². The molecule has 0 amide bonds. The molecule has 0 fully saturated rings. The lowest BCUT2D eigenvalue weighted by Crippen LogP contribution is -2.20. The number of allylic oxidation sites excluding steroid dienone is 2. The molecule has 3 nitrogen and oxygen atoms in total. The van der Waals surface area contributed by atoms with E-state index in [4.69, 9.17) is 5.73 Å². The normalized spacial score (nSPS) is 11.3. The Hall–Kier alpha value is -6.19. The van der Waals surface area contributed by atoms with Gasteiger partial charge in [0.2, 0.25) is 0 Å². The van der Waals surface area contributed by atoms with Crippen LogP contribution in [0, 0.1) is 6.92 Å². The minimum Gasteiger partial charge on any atom is -0.398 e. The predicted octanol–water partition coefficient (Wildman–Crippen LogP) is 17.2. The molecule has 0 atom stereocenters. The van der Waals surface area contributed by atoms with Crippen molar-refractivity contribution in [1.29, 1.82) is 0 Å². The van der Waals surface area contributed by atoms with Gasteiger partial charge < -0.3 is 10.6 Å². The standard InChI is InChI=1S/C31H25N.C20H24N2.3C2H6/c1-20-29(25-18-8-12-21-10-2-4-14-23(21)25)27-16-6-7-17-28(27)30(31(20)32)26-19-9-13-22-11-3-5-15-24(22)26;1-4-11-17(5-2)16-22(18-12-7-6-8-13-18)20-15-10-9-14-19(20)21-3;3*1-2/h2-4,6-14,16-19H,5,15,32H2,1H3;5-10,12-15H,3-4,11,16H2,1-2H3;3*1-2H3/b;17-5+;;;. The van der Waals surface area contributed by atoms with E-state index in [0.717, 1.165) is 54.9 Å². The molecular formula is C57H67N3. The Bertz CT molecular complexity index is 2480. The van der Waals surface area contributed by atoms with Gasteiger partial charge in [-0.15, -0.1) is 0 Å². The van der Waals surface area contributed by atoms with E-state index in [1.807, 2.05) is 59.7 Å². The molecule has 1 aliphatic rings. The fourth-order valence-electron chi connectivity index (χ4n) is 7.97. The third kappa shape index (κ3) is 10.5. The lowest BCUT2D eigenvalue weighted by molar-refractivity contribution is 0.858. The van der Waals surface area contributed by atoms with Crippen molar-refractivity contribution in [1.82, 2.24) is 0 Å². The highest BCUT2D eigenvalue weighted by Crippen LogP contribution is 2.46. The van der Waals surface area contributed by atoms with Crippen molar-refractivity contribution in [2.45, 2.75) is 88.0 Å². The number of para-hydroxylation sites is 3. The Kier molecular flexibility index (Phi) is 18.6. The number of benzene rings is 7. The van der Waals surface area contributed by atoms with Gasteiger partial charge in [0.1, 0.15) is 0 Å². The highest BCUT2D eigenvalue weighted by Gasteiger charge is 2.21. The SMILES string of the molecule is C=Nc1ccccc1N(C/C(=C/C)CCC)c1ccccc1.CC.CC.CC.Cc1c(N)c(-c2cccc3c2CCC=C3)c2ccccc2c1-c1cccc2ccccc12. The van der Waals surface area contributed by atoms with E-state index in [-0.39, 0.29) is 0 Å². The van der Waals surface area contributed by atoms with E-state index in [1.165, 1.54) is 66.2 Å². The first-order chi connectivity index (χ1) is 29.5. The molecule has 0 aliphatic heterocycles. The fraction of sp³-hybridized carbons (Fsp3) is 0.246. The average molecular weight is 794 g/mol. The summed E-state index contributed by atoms with van der Waals surface area (Å²) in [5, 5.41) is 4.99. The largest absolute Gasteiger partial charge is 0.398 e. The molecule has 0 aromatic heterocycles. The summed E-state index contributed by atoms with van der Waals surface area (Å²) >= 11 is 0. The number of rotatable bonds is 9. The Labute approximate surface area is 362 Å². The minimum atomic E-state index is 0.876. The van der Waals surface area contributed by atoms with Crippen molar-refractivity contribution in [2.75, 3.05) is 17.2 Å². The molecule has 7 aromatic rings. The summed E-state index contributed by atoms with van der Waals surface area (Å²) in [7, 11) is 0. The van der Waals surface area contributed by atoms with Gasteiger partial charge in [0.25, 0.3) is 0 Å². The van der Waals surface area contributed by atoms with Crippen molar-refractivity contribution >= 4 is 57.1 Å². The molecule has 1 aliphatic carbocycles. The molecule has 3 heteroatoms. The van der Waals surface area contributed by atoms with E-state index in [1.54, 1.807) is 0 Å². The van der Waals surface area contributed by atoms with Crippen LogP contribution in [-0.2, 0) is 6.42 Å². The number of anilines is 3. The Morgan fingerprint density at radius 3 is 1.95 bits per heavy atom. The average Bonchev–Trinajstić information content (AvgIpc) is 3.33. The molecule has 0 bridgehead atoms. The Balaban J connectivity index is 0.000000249. The number of nitrogen functional groups attached to an aromatic ring is 1. The van der Waals surface area contributed by atoms with Gasteiger partial charge in [-0.1, -0.05) is 194 Å². The molecule has 8 rings (SSSR count). The van der Waals surface area contributed by atoms with Crippen LogP contribution in [0.5, 0.6) is 0 Å². The van der Waals surface area contributed by atoms with Gasteiger partial charge in [-0.3, -0.25) is 4.99 Å². The summed E-state index contributed by atoms with van der Waals surface area (Å²) in [6.45, 7) is 23.1. The second-order valence-corrected chi connectivity index (χ2v) is 13.9. The lowest BCUT2D eigenvalue weighted by Gasteiger charge is -2.27. The Morgan fingerprint density at radius 1 is 0.683 bits per heavy atom. The van der Waals surface area contributed by atoms with E-state index >= 15 is 0 Å². The molecule has 0 unspecified atom stereocenters. The maximum absolute atomic E-state index is 6.98. The van der Waals surface area contributed by atoms with E-state index < -0.39 is 0 Å². The van der Waals surface area contributed by atoms with Crippen LogP contribution in [0.3, 0.4) is 0 Å². The quantitative estimate of drug-likeness (QED) is 0.0898. The number of nitrogens with two attached hydrogens (primary N) is 1. The zero-order valence-corrected chi connectivity index (χ0v) is 37.7.